The van der Waals surface area contributed by atoms with Crippen LogP contribution < -0.4 is 10.2 Å². The van der Waals surface area contributed by atoms with Crippen LogP contribution in [0.3, 0.4) is 0 Å². The van der Waals surface area contributed by atoms with Crippen LogP contribution in [0.1, 0.15) is 93.7 Å². The minimum atomic E-state index is -4.31. The number of hydrogen-bond donors (Lipinski definition) is 2. The van der Waals surface area contributed by atoms with Crippen molar-refractivity contribution in [1.29, 1.82) is 0 Å². The molecule has 2 N–H and O–H groups in total. The van der Waals surface area contributed by atoms with E-state index < -0.39 is 7.82 Å². The van der Waals surface area contributed by atoms with Crippen LogP contribution >= 0.6 is 19.2 Å². The monoisotopic (exact) mass is 633 g/mol. The first-order chi connectivity index (χ1) is 20.3. The van der Waals surface area contributed by atoms with Crippen LogP contribution in [0, 0.1) is 30.1 Å². The van der Waals surface area contributed by atoms with Gasteiger partial charge in [0.1, 0.15) is 7.11 Å². The molecule has 1 amide bonds. The van der Waals surface area contributed by atoms with Crippen molar-refractivity contribution in [2.75, 3.05) is 19.5 Å². The number of nitrogens with zero attached hydrogens (tertiary/aromatic N) is 2. The highest BCUT2D eigenvalue weighted by molar-refractivity contribution is 7.47. The summed E-state index contributed by atoms with van der Waals surface area (Å²) in [7, 11) is -1.59. The van der Waals surface area contributed by atoms with Gasteiger partial charge >= 0.3 is 7.82 Å². The number of anilines is 1. The second kappa shape index (κ2) is 12.2. The van der Waals surface area contributed by atoms with Gasteiger partial charge in [-0.2, -0.15) is 0 Å². The quantitative estimate of drug-likeness (QED) is 0.167. The van der Waals surface area contributed by atoms with Gasteiger partial charge in [-0.15, -0.1) is 11.3 Å². The summed E-state index contributed by atoms with van der Waals surface area (Å²) in [6.07, 6.45) is 7.73. The lowest BCUT2D eigenvalue weighted by Gasteiger charge is -2.50. The number of aryl methyl sites for hydroxylation is 2. The predicted octanol–water partition coefficient (Wildman–Crippen LogP) is 7.31. The maximum atomic E-state index is 12.9. The molecule has 0 saturated heterocycles. The molecule has 0 radical (unpaired) electrons. The molecule has 2 fully saturated rings. The lowest BCUT2D eigenvalue weighted by Crippen LogP contribution is -2.44. The van der Waals surface area contributed by atoms with Gasteiger partial charge in [0.15, 0.2) is 10.9 Å². The van der Waals surface area contributed by atoms with Crippen molar-refractivity contribution in [1.82, 2.24) is 4.98 Å². The van der Waals surface area contributed by atoms with E-state index in [0.29, 0.717) is 41.0 Å². The Bertz CT molecular complexity index is 1440. The predicted molar refractivity (Wildman–Crippen MR) is 166 cm³/mol. The maximum Gasteiger partial charge on any atom is 0.508 e. The average Bonchev–Trinajstić information content (AvgIpc) is 3.49. The normalized spacial score (nSPS) is 28.9. The Morgan fingerprint density at radius 2 is 2.05 bits per heavy atom. The Morgan fingerprint density at radius 1 is 1.28 bits per heavy atom. The van der Waals surface area contributed by atoms with E-state index in [1.165, 1.54) is 22.5 Å². The van der Waals surface area contributed by atoms with Crippen LogP contribution in [0.5, 0.6) is 5.75 Å². The molecular weight excluding hydrogens is 589 g/mol. The Balaban J connectivity index is 1.42. The molecule has 43 heavy (non-hydrogen) atoms. The van der Waals surface area contributed by atoms with Gasteiger partial charge in [-0.1, -0.05) is 43.6 Å². The van der Waals surface area contributed by atoms with E-state index in [9.17, 15) is 14.3 Å². The van der Waals surface area contributed by atoms with Crippen LogP contribution in [0.2, 0.25) is 0 Å². The molecule has 1 aromatic carbocycles. The highest BCUT2D eigenvalue weighted by Gasteiger charge is 2.57. The Morgan fingerprint density at radius 3 is 2.70 bits per heavy atom. The summed E-state index contributed by atoms with van der Waals surface area (Å²) in [4.78, 5) is 38.8. The van der Waals surface area contributed by atoms with E-state index in [2.05, 4.69) is 53.7 Å². The number of nitrogens with one attached hydrogen (secondary N) is 1. The molecular formula is C31H44N3O7PS. The highest BCUT2D eigenvalue weighted by atomic mass is 32.1. The number of phosphoric ester groups is 1. The largest absolute Gasteiger partial charge is 0.508 e. The number of hydrogen-bond acceptors (Lipinski definition) is 9. The Kier molecular flexibility index (Phi) is 9.14. The average molecular weight is 634 g/mol. The summed E-state index contributed by atoms with van der Waals surface area (Å²) in [5, 5.41) is 8.16. The molecule has 0 spiro atoms. The second-order valence-electron chi connectivity index (χ2n) is 13.4. The van der Waals surface area contributed by atoms with Crippen LogP contribution in [0.15, 0.2) is 23.5 Å². The molecule has 0 aliphatic heterocycles. The van der Waals surface area contributed by atoms with Gasteiger partial charge in [-0.05, 0) is 91.7 Å². The number of thiazole rings is 1. The van der Waals surface area contributed by atoms with Crippen molar-refractivity contribution in [2.45, 2.75) is 90.9 Å². The molecule has 1 aromatic heterocycles. The Labute approximate surface area is 258 Å². The zero-order valence-electron chi connectivity index (χ0n) is 26.1. The number of carbonyl (C=O) groups excluding carboxylic acids is 1. The Hall–Kier alpha value is -2.30. The summed E-state index contributed by atoms with van der Waals surface area (Å²) < 4.78 is 21.3. The van der Waals surface area contributed by atoms with Crippen LogP contribution in [0.4, 0.5) is 5.13 Å². The van der Waals surface area contributed by atoms with Crippen molar-refractivity contribution in [3.8, 4) is 5.75 Å². The summed E-state index contributed by atoms with van der Waals surface area (Å²) in [5.41, 5.74) is 4.16. The number of rotatable bonds is 9. The molecule has 5 rings (SSSR count). The standard InChI is InChI=1S/C31H44N3O7PS/c1-18-17-32-29(43-18)33-27(35)11-9-20-15-26(34-38-6)31(5)13-12-21-22(28(20)31)10-8-19-14-25(40-41-42(36,37)39-7)24(16-23(19)21)30(2,3)4/h14,16-17,20-22,28H,8-13,15H2,1-7H3,(H,36,37)(H,32,33,35)/b34-26+/t20-,21?,22?,28?,31-/m1/s1. The van der Waals surface area contributed by atoms with Crippen LogP contribution in [-0.2, 0) is 35.2 Å². The van der Waals surface area contributed by atoms with Crippen molar-refractivity contribution in [2.24, 2.45) is 28.3 Å². The minimum absolute atomic E-state index is 0.000000486. The van der Waals surface area contributed by atoms with Gasteiger partial charge < -0.3 is 19.9 Å². The van der Waals surface area contributed by atoms with Gasteiger partial charge in [-0.3, -0.25) is 9.32 Å². The molecule has 3 aliphatic carbocycles. The first-order valence-corrected chi connectivity index (χ1v) is 17.3. The molecule has 3 aliphatic rings. The number of carbonyl (C=O) groups is 1. The van der Waals surface area contributed by atoms with Crippen LogP contribution in [-0.4, -0.2) is 35.7 Å². The molecule has 1 heterocycles. The molecule has 10 nitrogen and oxygen atoms in total. The fourth-order valence-electron chi connectivity index (χ4n) is 7.88. The minimum Gasteiger partial charge on any atom is -0.399 e. The van der Waals surface area contributed by atoms with Crippen molar-refractivity contribution in [3.05, 3.63) is 39.9 Å². The zero-order chi connectivity index (χ0) is 31.2. The third-order valence-electron chi connectivity index (χ3n) is 9.77. The van der Waals surface area contributed by atoms with Crippen molar-refractivity contribution < 1.29 is 33.2 Å². The number of fused-ring (bicyclic) bond motifs is 5. The van der Waals surface area contributed by atoms with E-state index in [-0.39, 0.29) is 16.7 Å². The van der Waals surface area contributed by atoms with Gasteiger partial charge in [0.05, 0.1) is 5.71 Å². The molecule has 6 atom stereocenters. The fourth-order valence-corrected chi connectivity index (χ4v) is 8.80. The summed E-state index contributed by atoms with van der Waals surface area (Å²) >= 11 is 1.49. The third kappa shape index (κ3) is 6.57. The number of benzene rings is 1. The van der Waals surface area contributed by atoms with Gasteiger partial charge in [-0.25, -0.2) is 9.55 Å². The van der Waals surface area contributed by atoms with E-state index in [4.69, 9.17) is 14.4 Å². The molecule has 12 heteroatoms. The molecule has 2 saturated carbocycles. The van der Waals surface area contributed by atoms with Gasteiger partial charge in [0.2, 0.25) is 5.91 Å². The number of aromatic nitrogens is 1. The molecule has 0 bridgehead atoms. The van der Waals surface area contributed by atoms with Crippen molar-refractivity contribution >= 4 is 35.9 Å². The van der Waals surface area contributed by atoms with Crippen LogP contribution in [0.25, 0.3) is 0 Å². The first-order valence-electron chi connectivity index (χ1n) is 15.0. The molecule has 4 unspecified atom stereocenters. The lowest BCUT2D eigenvalue weighted by molar-refractivity contribution is -0.126. The van der Waals surface area contributed by atoms with Gasteiger partial charge in [0, 0.05) is 35.6 Å². The summed E-state index contributed by atoms with van der Waals surface area (Å²) in [6.45, 7) is 10.6. The highest BCUT2D eigenvalue weighted by Crippen LogP contribution is 2.63. The fraction of sp³-hybridized carbons (Fsp3) is 0.645. The molecule has 2 aromatic rings. The van der Waals surface area contributed by atoms with Gasteiger partial charge in [0.25, 0.3) is 0 Å². The third-order valence-corrected chi connectivity index (χ3v) is 11.3. The summed E-state index contributed by atoms with van der Waals surface area (Å²) in [5.74, 6) is 1.93. The second-order valence-corrected chi connectivity index (χ2v) is 16.1. The number of phosphoric acid groups is 1. The zero-order valence-corrected chi connectivity index (χ0v) is 27.8. The first kappa shape index (κ1) is 32.1. The smallest absolute Gasteiger partial charge is 0.399 e. The van der Waals surface area contributed by atoms with Crippen molar-refractivity contribution in [3.63, 3.8) is 0 Å². The van der Waals surface area contributed by atoms with E-state index >= 15 is 0 Å². The maximum absolute atomic E-state index is 12.9. The number of amides is 1. The van der Waals surface area contributed by atoms with E-state index in [0.717, 1.165) is 61.8 Å². The van der Waals surface area contributed by atoms with E-state index in [1.807, 2.05) is 13.0 Å². The topological polar surface area (TPSA) is 129 Å². The molecule has 236 valence electrons. The SMILES string of the molecule is CO/N=C1\C[C@@H](CCC(=O)Nc2ncc(C)s2)C2C3CCc4cc(OOP(=O)(O)OC)c(C(C)(C)C)cc4C3CC[C@]12C. The summed E-state index contributed by atoms with van der Waals surface area (Å²) in [6, 6.07) is 4.20. The number of oxime groups is 1. The lowest BCUT2D eigenvalue weighted by atomic mass is 9.53. The van der Waals surface area contributed by atoms with E-state index in [1.54, 1.807) is 13.3 Å².